The molecular weight excluding hydrogens is 510 g/mol. The summed E-state index contributed by atoms with van der Waals surface area (Å²) in [5.74, 6) is 0. The third kappa shape index (κ3) is 4.13. The molecule has 0 fully saturated rings. The lowest BCUT2D eigenvalue weighted by Gasteiger charge is -2.25. The van der Waals surface area contributed by atoms with Crippen molar-refractivity contribution in [2.45, 2.75) is 0 Å². The molecular formula is C40H27NO. The van der Waals surface area contributed by atoms with E-state index in [0.29, 0.717) is 0 Å². The molecule has 0 aliphatic carbocycles. The highest BCUT2D eigenvalue weighted by atomic mass is 16.3. The van der Waals surface area contributed by atoms with Gasteiger partial charge in [0.1, 0.15) is 11.2 Å². The molecule has 0 saturated heterocycles. The summed E-state index contributed by atoms with van der Waals surface area (Å²) in [6.07, 6.45) is 0. The van der Waals surface area contributed by atoms with Crippen molar-refractivity contribution < 1.29 is 4.42 Å². The molecule has 0 bridgehead atoms. The summed E-state index contributed by atoms with van der Waals surface area (Å²) < 4.78 is 6.58. The van der Waals surface area contributed by atoms with Crippen LogP contribution in [0.25, 0.3) is 55.0 Å². The van der Waals surface area contributed by atoms with Crippen LogP contribution in [-0.2, 0) is 0 Å². The van der Waals surface area contributed by atoms with Crippen LogP contribution in [0.1, 0.15) is 0 Å². The van der Waals surface area contributed by atoms with Gasteiger partial charge in [0.05, 0.1) is 0 Å². The van der Waals surface area contributed by atoms with Crippen molar-refractivity contribution in [1.29, 1.82) is 0 Å². The summed E-state index contributed by atoms with van der Waals surface area (Å²) in [6, 6.07) is 57.8. The molecule has 0 aliphatic heterocycles. The monoisotopic (exact) mass is 537 g/mol. The fraction of sp³-hybridized carbons (Fsp3) is 0. The van der Waals surface area contributed by atoms with E-state index in [2.05, 4.69) is 169 Å². The van der Waals surface area contributed by atoms with Crippen LogP contribution in [0, 0.1) is 0 Å². The van der Waals surface area contributed by atoms with Gasteiger partial charge in [-0.15, -0.1) is 0 Å². The molecule has 0 radical (unpaired) electrons. The molecule has 0 unspecified atom stereocenters. The zero-order chi connectivity index (χ0) is 27.9. The van der Waals surface area contributed by atoms with E-state index < -0.39 is 0 Å². The molecule has 0 atom stereocenters. The van der Waals surface area contributed by atoms with Crippen LogP contribution in [0.15, 0.2) is 168 Å². The van der Waals surface area contributed by atoms with Gasteiger partial charge in [0.25, 0.3) is 0 Å². The lowest BCUT2D eigenvalue weighted by atomic mass is 9.96. The van der Waals surface area contributed by atoms with Crippen molar-refractivity contribution in [2.24, 2.45) is 0 Å². The molecule has 0 aliphatic rings. The second kappa shape index (κ2) is 10.1. The molecule has 0 amide bonds. The van der Waals surface area contributed by atoms with Gasteiger partial charge in [-0.2, -0.15) is 0 Å². The highest BCUT2D eigenvalue weighted by molar-refractivity contribution is 6.13. The first-order valence-electron chi connectivity index (χ1n) is 14.3. The molecule has 2 nitrogen and oxygen atoms in total. The van der Waals surface area contributed by atoms with Gasteiger partial charge in [0.15, 0.2) is 0 Å². The predicted octanol–water partition coefficient (Wildman–Crippen LogP) is 11.5. The molecule has 198 valence electrons. The number of benzene rings is 7. The average molecular weight is 538 g/mol. The number of furan rings is 1. The summed E-state index contributed by atoms with van der Waals surface area (Å²) in [5, 5.41) is 4.67. The van der Waals surface area contributed by atoms with E-state index in [4.69, 9.17) is 4.42 Å². The Balaban J connectivity index is 1.28. The molecule has 2 heteroatoms. The van der Waals surface area contributed by atoms with Gasteiger partial charge in [-0.1, -0.05) is 121 Å². The fourth-order valence-corrected chi connectivity index (χ4v) is 6.06. The topological polar surface area (TPSA) is 16.4 Å². The molecule has 1 aromatic heterocycles. The highest BCUT2D eigenvalue weighted by Gasteiger charge is 2.17. The maximum Gasteiger partial charge on any atom is 0.143 e. The summed E-state index contributed by atoms with van der Waals surface area (Å²) >= 11 is 0. The van der Waals surface area contributed by atoms with Gasteiger partial charge in [0, 0.05) is 33.4 Å². The summed E-state index contributed by atoms with van der Waals surface area (Å²) in [4.78, 5) is 2.31. The predicted molar refractivity (Wildman–Crippen MR) is 177 cm³/mol. The number of hydrogen-bond acceptors (Lipinski definition) is 2. The zero-order valence-electron chi connectivity index (χ0n) is 22.9. The van der Waals surface area contributed by atoms with Gasteiger partial charge in [-0.3, -0.25) is 0 Å². The number of hydrogen-bond donors (Lipinski definition) is 0. The Morgan fingerprint density at radius 3 is 1.81 bits per heavy atom. The molecule has 0 N–H and O–H groups in total. The van der Waals surface area contributed by atoms with Crippen LogP contribution in [0.2, 0.25) is 0 Å². The molecule has 0 saturated carbocycles. The first-order valence-corrected chi connectivity index (χ1v) is 14.3. The molecule has 8 aromatic rings. The van der Waals surface area contributed by atoms with Crippen LogP contribution in [0.4, 0.5) is 17.1 Å². The molecule has 0 spiro atoms. The number of nitrogens with zero attached hydrogens (tertiary/aromatic N) is 1. The largest absolute Gasteiger partial charge is 0.455 e. The number of rotatable bonds is 5. The maximum absolute atomic E-state index is 6.58. The molecule has 42 heavy (non-hydrogen) atoms. The van der Waals surface area contributed by atoms with E-state index in [1.165, 1.54) is 27.5 Å². The van der Waals surface area contributed by atoms with Crippen molar-refractivity contribution in [1.82, 2.24) is 0 Å². The third-order valence-electron chi connectivity index (χ3n) is 8.07. The summed E-state index contributed by atoms with van der Waals surface area (Å²) in [5.41, 5.74) is 9.79. The highest BCUT2D eigenvalue weighted by Crippen LogP contribution is 2.42. The lowest BCUT2D eigenvalue weighted by Crippen LogP contribution is -2.09. The van der Waals surface area contributed by atoms with Crippen LogP contribution in [-0.4, -0.2) is 0 Å². The lowest BCUT2D eigenvalue weighted by molar-refractivity contribution is 0.670. The van der Waals surface area contributed by atoms with Crippen LogP contribution < -0.4 is 4.90 Å². The van der Waals surface area contributed by atoms with Gasteiger partial charge < -0.3 is 9.32 Å². The minimum atomic E-state index is 0.883. The van der Waals surface area contributed by atoms with Gasteiger partial charge in [0.2, 0.25) is 0 Å². The normalized spacial score (nSPS) is 11.3. The van der Waals surface area contributed by atoms with E-state index in [9.17, 15) is 0 Å². The van der Waals surface area contributed by atoms with E-state index in [1.807, 2.05) is 0 Å². The Labute approximate surface area is 244 Å². The van der Waals surface area contributed by atoms with Crippen LogP contribution in [0.3, 0.4) is 0 Å². The van der Waals surface area contributed by atoms with E-state index >= 15 is 0 Å². The van der Waals surface area contributed by atoms with Gasteiger partial charge in [-0.25, -0.2) is 0 Å². The summed E-state index contributed by atoms with van der Waals surface area (Å²) in [7, 11) is 0. The first kappa shape index (κ1) is 24.2. The van der Waals surface area contributed by atoms with E-state index in [0.717, 1.165) is 44.6 Å². The average Bonchev–Trinajstić information content (AvgIpc) is 3.44. The minimum Gasteiger partial charge on any atom is -0.455 e. The first-order chi connectivity index (χ1) is 20.8. The van der Waals surface area contributed by atoms with Crippen molar-refractivity contribution in [2.75, 3.05) is 4.90 Å². The smallest absolute Gasteiger partial charge is 0.143 e. The Bertz CT molecular complexity index is 2170. The van der Waals surface area contributed by atoms with Gasteiger partial charge >= 0.3 is 0 Å². The van der Waals surface area contributed by atoms with Crippen molar-refractivity contribution in [3.05, 3.63) is 164 Å². The van der Waals surface area contributed by atoms with Crippen LogP contribution >= 0.6 is 0 Å². The van der Waals surface area contributed by atoms with Gasteiger partial charge in [-0.05, 0) is 69.9 Å². The van der Waals surface area contributed by atoms with E-state index in [1.54, 1.807) is 0 Å². The van der Waals surface area contributed by atoms with Crippen molar-refractivity contribution in [3.63, 3.8) is 0 Å². The standard InChI is InChI=1S/C40H27NO/c1-3-11-28(12-4-1)29-21-23-32(24-22-29)41(31-15-5-2-6-16-31)33-25-26-39-38(27-33)37-20-10-19-36(40(37)42-39)35-18-9-14-30-13-7-8-17-34(30)35/h1-27H. The Morgan fingerprint density at radius 2 is 0.976 bits per heavy atom. The maximum atomic E-state index is 6.58. The molecule has 7 aromatic carbocycles. The third-order valence-corrected chi connectivity index (χ3v) is 8.07. The second-order valence-electron chi connectivity index (χ2n) is 10.6. The zero-order valence-corrected chi connectivity index (χ0v) is 22.9. The van der Waals surface area contributed by atoms with Crippen molar-refractivity contribution >= 4 is 49.8 Å². The second-order valence-corrected chi connectivity index (χ2v) is 10.6. The van der Waals surface area contributed by atoms with Crippen LogP contribution in [0.5, 0.6) is 0 Å². The summed E-state index contributed by atoms with van der Waals surface area (Å²) in [6.45, 7) is 0. The fourth-order valence-electron chi connectivity index (χ4n) is 6.06. The van der Waals surface area contributed by atoms with Crippen molar-refractivity contribution in [3.8, 4) is 22.3 Å². The quantitative estimate of drug-likeness (QED) is 0.217. The Kier molecular flexibility index (Phi) is 5.82. The molecule has 1 heterocycles. The minimum absolute atomic E-state index is 0.883. The molecule has 8 rings (SSSR count). The number of para-hydroxylation sites is 2. The SMILES string of the molecule is c1ccc(-c2ccc(N(c3ccccc3)c3ccc4oc5c(-c6cccc7ccccc67)cccc5c4c3)cc2)cc1. The Hall–Kier alpha value is -5.60. The number of fused-ring (bicyclic) bond motifs is 4. The Morgan fingerprint density at radius 1 is 0.381 bits per heavy atom. The number of anilines is 3. The van der Waals surface area contributed by atoms with E-state index in [-0.39, 0.29) is 0 Å².